The van der Waals surface area contributed by atoms with Crippen LogP contribution in [0.4, 0.5) is 11.5 Å². The molecule has 1 aromatic carbocycles. The molecule has 2 aromatic rings. The SMILES string of the molecule is CNc1nc(Cl)cc(NCc2ccc(OC)cc2)c1C(=N)C(C)C. The average Bonchev–Trinajstić information content (AvgIpc) is 2.59. The number of ether oxygens (including phenoxy) is 1. The molecule has 2 rings (SSSR count). The van der Waals surface area contributed by atoms with E-state index in [1.807, 2.05) is 38.1 Å². The van der Waals surface area contributed by atoms with E-state index in [-0.39, 0.29) is 5.92 Å². The van der Waals surface area contributed by atoms with Crippen molar-refractivity contribution in [3.63, 3.8) is 0 Å². The molecule has 0 bridgehead atoms. The van der Waals surface area contributed by atoms with Gasteiger partial charge in [-0.25, -0.2) is 4.98 Å². The van der Waals surface area contributed by atoms with Gasteiger partial charge in [-0.3, -0.25) is 0 Å². The number of methoxy groups -OCH3 is 1. The Morgan fingerprint density at radius 3 is 2.50 bits per heavy atom. The van der Waals surface area contributed by atoms with Crippen molar-refractivity contribution in [3.05, 3.63) is 46.6 Å². The van der Waals surface area contributed by atoms with Crippen molar-refractivity contribution in [2.45, 2.75) is 20.4 Å². The van der Waals surface area contributed by atoms with Crippen molar-refractivity contribution in [2.24, 2.45) is 5.92 Å². The molecule has 6 heteroatoms. The fourth-order valence-electron chi connectivity index (χ4n) is 2.34. The quantitative estimate of drug-likeness (QED) is 0.512. The Kier molecular flexibility index (Phi) is 6.04. The fourth-order valence-corrected chi connectivity index (χ4v) is 2.53. The predicted molar refractivity (Wildman–Crippen MR) is 101 cm³/mol. The lowest BCUT2D eigenvalue weighted by Gasteiger charge is -2.18. The summed E-state index contributed by atoms with van der Waals surface area (Å²) in [7, 11) is 3.43. The Hall–Kier alpha value is -2.27. The van der Waals surface area contributed by atoms with Gasteiger partial charge in [0.2, 0.25) is 0 Å². The van der Waals surface area contributed by atoms with Gasteiger partial charge in [-0.15, -0.1) is 0 Å². The van der Waals surface area contributed by atoms with Crippen LogP contribution < -0.4 is 15.4 Å². The number of pyridine rings is 1. The van der Waals surface area contributed by atoms with Gasteiger partial charge in [0, 0.05) is 19.3 Å². The number of benzene rings is 1. The summed E-state index contributed by atoms with van der Waals surface area (Å²) in [6, 6.07) is 9.61. The first-order valence-electron chi connectivity index (χ1n) is 7.80. The van der Waals surface area contributed by atoms with Crippen LogP contribution in [0.15, 0.2) is 30.3 Å². The Labute approximate surface area is 147 Å². The summed E-state index contributed by atoms with van der Waals surface area (Å²) in [6.07, 6.45) is 0. The zero-order valence-corrected chi connectivity index (χ0v) is 15.2. The Bertz CT molecular complexity index is 714. The van der Waals surface area contributed by atoms with E-state index in [0.717, 1.165) is 22.6 Å². The molecule has 0 aliphatic heterocycles. The van der Waals surface area contributed by atoms with E-state index in [1.165, 1.54) is 0 Å². The molecule has 128 valence electrons. The summed E-state index contributed by atoms with van der Waals surface area (Å²) in [5.74, 6) is 1.52. The first kappa shape index (κ1) is 18.1. The highest BCUT2D eigenvalue weighted by atomic mass is 35.5. The molecule has 0 fully saturated rings. The zero-order chi connectivity index (χ0) is 17.7. The lowest BCUT2D eigenvalue weighted by Crippen LogP contribution is -2.15. The molecule has 1 aromatic heterocycles. The summed E-state index contributed by atoms with van der Waals surface area (Å²) in [5.41, 5.74) is 3.18. The number of rotatable bonds is 7. The summed E-state index contributed by atoms with van der Waals surface area (Å²) in [6.45, 7) is 4.60. The van der Waals surface area contributed by atoms with Gasteiger partial charge in [0.1, 0.15) is 16.7 Å². The van der Waals surface area contributed by atoms with Crippen molar-refractivity contribution < 1.29 is 4.74 Å². The summed E-state index contributed by atoms with van der Waals surface area (Å²) < 4.78 is 5.17. The average molecular weight is 347 g/mol. The number of nitrogens with zero attached hydrogens (tertiary/aromatic N) is 1. The van der Waals surface area contributed by atoms with Gasteiger partial charge in [-0.05, 0) is 29.7 Å². The normalized spacial score (nSPS) is 10.6. The van der Waals surface area contributed by atoms with Gasteiger partial charge < -0.3 is 20.8 Å². The molecule has 24 heavy (non-hydrogen) atoms. The number of hydrogen-bond acceptors (Lipinski definition) is 5. The van der Waals surface area contributed by atoms with E-state index in [0.29, 0.717) is 23.2 Å². The summed E-state index contributed by atoms with van der Waals surface area (Å²) >= 11 is 6.13. The number of halogens is 1. The maximum Gasteiger partial charge on any atom is 0.138 e. The minimum atomic E-state index is 0.0848. The highest BCUT2D eigenvalue weighted by Crippen LogP contribution is 2.29. The maximum atomic E-state index is 8.40. The van der Waals surface area contributed by atoms with Crippen molar-refractivity contribution in [1.29, 1.82) is 5.41 Å². The van der Waals surface area contributed by atoms with Gasteiger partial charge in [-0.1, -0.05) is 37.6 Å². The van der Waals surface area contributed by atoms with Crippen molar-refractivity contribution in [2.75, 3.05) is 24.8 Å². The van der Waals surface area contributed by atoms with E-state index in [9.17, 15) is 0 Å². The predicted octanol–water partition coefficient (Wildman–Crippen LogP) is 4.42. The molecule has 0 amide bonds. The first-order valence-corrected chi connectivity index (χ1v) is 8.18. The van der Waals surface area contributed by atoms with E-state index in [4.69, 9.17) is 21.7 Å². The van der Waals surface area contributed by atoms with Crippen LogP contribution in [0.3, 0.4) is 0 Å². The molecule has 3 N–H and O–H groups in total. The van der Waals surface area contributed by atoms with E-state index in [1.54, 1.807) is 20.2 Å². The minimum Gasteiger partial charge on any atom is -0.497 e. The Morgan fingerprint density at radius 2 is 1.96 bits per heavy atom. The highest BCUT2D eigenvalue weighted by Gasteiger charge is 2.18. The second kappa shape index (κ2) is 8.02. The molecule has 0 saturated heterocycles. The first-order chi connectivity index (χ1) is 11.5. The van der Waals surface area contributed by atoms with Crippen molar-refractivity contribution in [1.82, 2.24) is 4.98 Å². The van der Waals surface area contributed by atoms with Crippen LogP contribution in [-0.2, 0) is 6.54 Å². The third kappa shape index (κ3) is 4.17. The van der Waals surface area contributed by atoms with Crippen LogP contribution in [0.2, 0.25) is 5.15 Å². The lowest BCUT2D eigenvalue weighted by molar-refractivity contribution is 0.414. The molecule has 0 saturated carbocycles. The topological polar surface area (TPSA) is 70.0 Å². The smallest absolute Gasteiger partial charge is 0.138 e. The minimum absolute atomic E-state index is 0.0848. The number of hydrogen-bond donors (Lipinski definition) is 3. The van der Waals surface area contributed by atoms with Gasteiger partial charge in [0.05, 0.1) is 18.4 Å². The number of nitrogens with one attached hydrogen (secondary N) is 3. The standard InChI is InChI=1S/C18H23ClN4O/c1-11(2)17(20)16-14(9-15(19)23-18(16)21-3)22-10-12-5-7-13(24-4)8-6-12/h5-9,11,20H,10H2,1-4H3,(H2,21,22,23). The van der Waals surface area contributed by atoms with Gasteiger partial charge in [-0.2, -0.15) is 0 Å². The molecule has 5 nitrogen and oxygen atoms in total. The third-order valence-electron chi connectivity index (χ3n) is 3.71. The van der Waals surface area contributed by atoms with E-state index >= 15 is 0 Å². The molecule has 1 heterocycles. The van der Waals surface area contributed by atoms with Crippen LogP contribution in [0.1, 0.15) is 25.0 Å². The van der Waals surface area contributed by atoms with Crippen LogP contribution >= 0.6 is 11.6 Å². The molecule has 0 atom stereocenters. The largest absolute Gasteiger partial charge is 0.497 e. The highest BCUT2D eigenvalue weighted by molar-refractivity contribution is 6.30. The van der Waals surface area contributed by atoms with E-state index < -0.39 is 0 Å². The Morgan fingerprint density at radius 1 is 1.29 bits per heavy atom. The third-order valence-corrected chi connectivity index (χ3v) is 3.91. The Balaban J connectivity index is 2.30. The summed E-state index contributed by atoms with van der Waals surface area (Å²) in [5, 5.41) is 15.2. The van der Waals surface area contributed by atoms with Gasteiger partial charge in [0.25, 0.3) is 0 Å². The molecule has 0 spiro atoms. The summed E-state index contributed by atoms with van der Waals surface area (Å²) in [4.78, 5) is 4.29. The van der Waals surface area contributed by atoms with Gasteiger partial charge in [0.15, 0.2) is 0 Å². The maximum absolute atomic E-state index is 8.40. The van der Waals surface area contributed by atoms with Crippen molar-refractivity contribution >= 4 is 28.8 Å². The fraction of sp³-hybridized carbons (Fsp3) is 0.333. The zero-order valence-electron chi connectivity index (χ0n) is 14.4. The molecule has 0 unspecified atom stereocenters. The van der Waals surface area contributed by atoms with Crippen LogP contribution in [0, 0.1) is 11.3 Å². The van der Waals surface area contributed by atoms with Crippen LogP contribution in [-0.4, -0.2) is 24.9 Å². The number of aromatic nitrogens is 1. The molecule has 0 radical (unpaired) electrons. The van der Waals surface area contributed by atoms with Crippen LogP contribution in [0.5, 0.6) is 5.75 Å². The second-order valence-corrected chi connectivity index (χ2v) is 6.12. The molecular formula is C18H23ClN4O. The van der Waals surface area contributed by atoms with E-state index in [2.05, 4.69) is 15.6 Å². The van der Waals surface area contributed by atoms with Crippen molar-refractivity contribution in [3.8, 4) is 5.75 Å². The second-order valence-electron chi connectivity index (χ2n) is 5.74. The molecule has 0 aliphatic rings. The molecule has 0 aliphatic carbocycles. The monoisotopic (exact) mass is 346 g/mol. The number of anilines is 2. The van der Waals surface area contributed by atoms with Gasteiger partial charge >= 0.3 is 0 Å². The lowest BCUT2D eigenvalue weighted by atomic mass is 9.99. The molecular weight excluding hydrogens is 324 g/mol. The van der Waals surface area contributed by atoms with Crippen LogP contribution in [0.25, 0.3) is 0 Å².